The topological polar surface area (TPSA) is 63.7 Å². The Balaban J connectivity index is 1.92. The maximum atomic E-state index is 13.2. The molecule has 0 saturated carbocycles. The molecule has 0 radical (unpaired) electrons. The van der Waals surface area contributed by atoms with Gasteiger partial charge < -0.3 is 4.74 Å². The zero-order valence-corrected chi connectivity index (χ0v) is 18.3. The summed E-state index contributed by atoms with van der Waals surface area (Å²) in [5, 5.41) is 2.03. The molecule has 0 spiro atoms. The van der Waals surface area contributed by atoms with E-state index in [1.807, 2.05) is 38.3 Å². The summed E-state index contributed by atoms with van der Waals surface area (Å²) >= 11 is 2.81. The molecule has 0 N–H and O–H groups in total. The number of hydrogen-bond donors (Lipinski definition) is 0. The zero-order chi connectivity index (χ0) is 21.0. The Hall–Kier alpha value is -2.38. The molecule has 3 rings (SSSR count). The van der Waals surface area contributed by atoms with E-state index < -0.39 is 5.97 Å². The second kappa shape index (κ2) is 9.41. The highest BCUT2D eigenvalue weighted by atomic mass is 32.2. The Bertz CT molecular complexity index is 947. The van der Waals surface area contributed by atoms with Gasteiger partial charge in [-0.3, -0.25) is 9.59 Å². The number of carbonyl (C=O) groups excluding carboxylic acids is 3. The van der Waals surface area contributed by atoms with Crippen molar-refractivity contribution in [3.8, 4) is 0 Å². The fraction of sp³-hybridized carbons (Fsp3) is 0.318. The molecular formula is C22H23NO4S2. The lowest BCUT2D eigenvalue weighted by Crippen LogP contribution is -2.31. The molecule has 0 unspecified atom stereocenters. The molecule has 0 aliphatic carbocycles. The molecule has 0 bridgehead atoms. The predicted molar refractivity (Wildman–Crippen MR) is 118 cm³/mol. The summed E-state index contributed by atoms with van der Waals surface area (Å²) in [7, 11) is 0. The number of unbranched alkanes of at least 4 members (excludes halogenated alkanes) is 1. The van der Waals surface area contributed by atoms with Crippen molar-refractivity contribution in [2.45, 2.75) is 38.9 Å². The maximum Gasteiger partial charge on any atom is 0.338 e. The number of rotatable bonds is 8. The van der Waals surface area contributed by atoms with Gasteiger partial charge in [-0.15, -0.1) is 23.1 Å². The maximum absolute atomic E-state index is 13.2. The summed E-state index contributed by atoms with van der Waals surface area (Å²) < 4.78 is 5.25. The van der Waals surface area contributed by atoms with Gasteiger partial charge in [0.2, 0.25) is 0 Å². The molecule has 1 aliphatic rings. The third kappa shape index (κ3) is 4.62. The number of thiophene rings is 1. The Morgan fingerprint density at radius 1 is 1.17 bits per heavy atom. The minimum absolute atomic E-state index is 0.150. The van der Waals surface area contributed by atoms with E-state index in [0.717, 1.165) is 22.6 Å². The molecule has 1 aromatic carbocycles. The molecule has 0 saturated heterocycles. The summed E-state index contributed by atoms with van der Waals surface area (Å²) in [5.41, 5.74) is 1.12. The SMILES string of the molecule is CCCCOC(=O)c1cccc(N2C(=O)C(SC(C)C)=C(c3cccs3)C2=O)c1. The molecule has 152 valence electrons. The van der Waals surface area contributed by atoms with Crippen LogP contribution >= 0.6 is 23.1 Å². The lowest BCUT2D eigenvalue weighted by atomic mass is 10.2. The average molecular weight is 430 g/mol. The average Bonchev–Trinajstić information content (AvgIpc) is 3.29. The first-order valence-corrected chi connectivity index (χ1v) is 11.3. The molecule has 1 aromatic heterocycles. The minimum atomic E-state index is -0.456. The van der Waals surface area contributed by atoms with Crippen LogP contribution in [-0.4, -0.2) is 29.6 Å². The van der Waals surface area contributed by atoms with Crippen LogP contribution in [0.5, 0.6) is 0 Å². The van der Waals surface area contributed by atoms with Crippen LogP contribution in [0.2, 0.25) is 0 Å². The number of hydrogen-bond acceptors (Lipinski definition) is 6. The van der Waals surface area contributed by atoms with E-state index in [0.29, 0.717) is 28.3 Å². The van der Waals surface area contributed by atoms with E-state index in [1.165, 1.54) is 23.1 Å². The van der Waals surface area contributed by atoms with Crippen LogP contribution in [0.3, 0.4) is 0 Å². The normalized spacial score (nSPS) is 14.3. The number of nitrogens with zero attached hydrogens (tertiary/aromatic N) is 1. The predicted octanol–water partition coefficient (Wildman–Crippen LogP) is 5.13. The second-order valence-electron chi connectivity index (χ2n) is 6.83. The Kier molecular flexibility index (Phi) is 6.92. The lowest BCUT2D eigenvalue weighted by molar-refractivity contribution is -0.119. The van der Waals surface area contributed by atoms with E-state index in [4.69, 9.17) is 4.74 Å². The number of carbonyl (C=O) groups is 3. The van der Waals surface area contributed by atoms with Gasteiger partial charge in [0, 0.05) is 10.1 Å². The van der Waals surface area contributed by atoms with Crippen molar-refractivity contribution in [3.05, 3.63) is 57.1 Å². The molecule has 29 heavy (non-hydrogen) atoms. The monoisotopic (exact) mass is 429 g/mol. The summed E-state index contributed by atoms with van der Waals surface area (Å²) in [6, 6.07) is 10.2. The highest BCUT2D eigenvalue weighted by Gasteiger charge is 2.41. The van der Waals surface area contributed by atoms with Crippen molar-refractivity contribution in [3.63, 3.8) is 0 Å². The summed E-state index contributed by atoms with van der Waals surface area (Å²) in [6.07, 6.45) is 1.72. The van der Waals surface area contributed by atoms with Gasteiger partial charge in [0.05, 0.1) is 28.3 Å². The number of ether oxygens (including phenoxy) is 1. The Labute approximate surface area is 178 Å². The molecule has 2 amide bonds. The van der Waals surface area contributed by atoms with Crippen molar-refractivity contribution in [2.75, 3.05) is 11.5 Å². The lowest BCUT2D eigenvalue weighted by Gasteiger charge is -2.16. The zero-order valence-electron chi connectivity index (χ0n) is 16.6. The Morgan fingerprint density at radius 2 is 1.97 bits per heavy atom. The van der Waals surface area contributed by atoms with Gasteiger partial charge in [0.15, 0.2) is 0 Å². The van der Waals surface area contributed by atoms with E-state index in [2.05, 4.69) is 0 Å². The molecule has 5 nitrogen and oxygen atoms in total. The number of anilines is 1. The van der Waals surface area contributed by atoms with Gasteiger partial charge >= 0.3 is 5.97 Å². The summed E-state index contributed by atoms with van der Waals surface area (Å²) in [6.45, 7) is 6.33. The highest BCUT2D eigenvalue weighted by Crippen LogP contribution is 2.41. The smallest absolute Gasteiger partial charge is 0.338 e. The quantitative estimate of drug-likeness (QED) is 0.331. The van der Waals surface area contributed by atoms with E-state index in [1.54, 1.807) is 24.3 Å². The van der Waals surface area contributed by atoms with Crippen LogP contribution in [0.15, 0.2) is 46.7 Å². The van der Waals surface area contributed by atoms with E-state index >= 15 is 0 Å². The van der Waals surface area contributed by atoms with Crippen LogP contribution in [0, 0.1) is 0 Å². The molecule has 0 atom stereocenters. The van der Waals surface area contributed by atoms with Gasteiger partial charge in [-0.2, -0.15) is 0 Å². The fourth-order valence-corrected chi connectivity index (χ4v) is 4.70. The van der Waals surface area contributed by atoms with Gasteiger partial charge in [0.1, 0.15) is 0 Å². The van der Waals surface area contributed by atoms with Crippen LogP contribution in [0.1, 0.15) is 48.8 Å². The van der Waals surface area contributed by atoms with Crippen molar-refractivity contribution in [1.29, 1.82) is 0 Å². The van der Waals surface area contributed by atoms with E-state index in [-0.39, 0.29) is 17.1 Å². The minimum Gasteiger partial charge on any atom is -0.462 e. The molecule has 2 aromatic rings. The molecular weight excluding hydrogens is 406 g/mol. The van der Waals surface area contributed by atoms with Gasteiger partial charge in [-0.25, -0.2) is 9.69 Å². The van der Waals surface area contributed by atoms with Crippen LogP contribution in [0.4, 0.5) is 5.69 Å². The number of thioether (sulfide) groups is 1. The first-order chi connectivity index (χ1) is 13.9. The van der Waals surface area contributed by atoms with Gasteiger partial charge in [-0.1, -0.05) is 39.3 Å². The van der Waals surface area contributed by atoms with Crippen LogP contribution in [-0.2, 0) is 14.3 Å². The number of benzene rings is 1. The number of amides is 2. The third-order valence-electron chi connectivity index (χ3n) is 4.23. The summed E-state index contributed by atoms with van der Waals surface area (Å²) in [4.78, 5) is 41.0. The van der Waals surface area contributed by atoms with Gasteiger partial charge in [0.25, 0.3) is 11.8 Å². The Morgan fingerprint density at radius 3 is 2.62 bits per heavy atom. The fourth-order valence-electron chi connectivity index (χ4n) is 2.89. The second-order valence-corrected chi connectivity index (χ2v) is 9.37. The standard InChI is InChI=1S/C22H23NO4S2/c1-4-5-11-27-22(26)15-8-6-9-16(13-15)23-20(24)18(17-10-7-12-28-17)19(21(23)25)29-14(2)3/h6-10,12-14H,4-5,11H2,1-3H3. The van der Waals surface area contributed by atoms with Crippen LogP contribution < -0.4 is 4.90 Å². The van der Waals surface area contributed by atoms with Crippen molar-refractivity contribution >= 4 is 52.1 Å². The molecule has 0 fully saturated rings. The van der Waals surface area contributed by atoms with Crippen molar-refractivity contribution < 1.29 is 19.1 Å². The van der Waals surface area contributed by atoms with Crippen LogP contribution in [0.25, 0.3) is 5.57 Å². The van der Waals surface area contributed by atoms with Crippen molar-refractivity contribution in [1.82, 2.24) is 0 Å². The first kappa shape index (κ1) is 21.3. The summed E-state index contributed by atoms with van der Waals surface area (Å²) in [5.74, 6) is -1.17. The molecule has 1 aliphatic heterocycles. The molecule has 2 heterocycles. The number of esters is 1. The third-order valence-corrected chi connectivity index (χ3v) is 6.21. The largest absolute Gasteiger partial charge is 0.462 e. The molecule has 7 heteroatoms. The first-order valence-electron chi connectivity index (χ1n) is 9.54. The highest BCUT2D eigenvalue weighted by molar-refractivity contribution is 8.04. The van der Waals surface area contributed by atoms with E-state index in [9.17, 15) is 14.4 Å². The van der Waals surface area contributed by atoms with Gasteiger partial charge in [-0.05, 0) is 36.1 Å². The number of imide groups is 1. The van der Waals surface area contributed by atoms with Crippen molar-refractivity contribution in [2.24, 2.45) is 0 Å².